The molecule has 1 amide bonds. The highest BCUT2D eigenvalue weighted by molar-refractivity contribution is 5.92. The summed E-state index contributed by atoms with van der Waals surface area (Å²) in [5, 5.41) is 5.80. The maximum Gasteiger partial charge on any atom is 0.225 e. The predicted octanol–water partition coefficient (Wildman–Crippen LogP) is 2.25. The normalized spacial score (nSPS) is 14.8. The number of oxazole rings is 1. The first kappa shape index (κ1) is 12.2. The molecule has 0 unspecified atom stereocenters. The summed E-state index contributed by atoms with van der Waals surface area (Å²) in [5.41, 5.74) is 2.36. The smallest absolute Gasteiger partial charge is 0.225 e. The van der Waals surface area contributed by atoms with Gasteiger partial charge in [-0.3, -0.25) is 4.79 Å². The number of fused-ring (bicyclic) bond motifs is 1. The summed E-state index contributed by atoms with van der Waals surface area (Å²) in [6, 6.07) is 5.59. The summed E-state index contributed by atoms with van der Waals surface area (Å²) in [6.07, 6.45) is 2.79. The van der Waals surface area contributed by atoms with Gasteiger partial charge >= 0.3 is 0 Å². The van der Waals surface area contributed by atoms with Crippen LogP contribution in [0.2, 0.25) is 0 Å². The predicted molar refractivity (Wildman–Crippen MR) is 73.2 cm³/mol. The van der Waals surface area contributed by atoms with Crippen LogP contribution in [0.5, 0.6) is 0 Å². The first-order valence-electron chi connectivity index (χ1n) is 6.61. The first-order valence-corrected chi connectivity index (χ1v) is 6.61. The van der Waals surface area contributed by atoms with Crippen molar-refractivity contribution in [1.29, 1.82) is 0 Å². The second-order valence-corrected chi connectivity index (χ2v) is 4.91. The van der Waals surface area contributed by atoms with Gasteiger partial charge < -0.3 is 15.1 Å². The summed E-state index contributed by atoms with van der Waals surface area (Å²) in [6.45, 7) is 0.669. The van der Waals surface area contributed by atoms with Crippen molar-refractivity contribution in [2.24, 2.45) is 0 Å². The van der Waals surface area contributed by atoms with Crippen LogP contribution in [-0.2, 0) is 4.79 Å². The number of carbonyl (C=O) groups excluding carboxylic acids is 1. The number of rotatable bonds is 5. The van der Waals surface area contributed by atoms with E-state index in [0.717, 1.165) is 22.7 Å². The van der Waals surface area contributed by atoms with Crippen molar-refractivity contribution >= 4 is 22.7 Å². The summed E-state index contributed by atoms with van der Waals surface area (Å²) < 4.78 is 5.72. The zero-order valence-corrected chi connectivity index (χ0v) is 10.9. The van der Waals surface area contributed by atoms with Crippen LogP contribution in [-0.4, -0.2) is 24.5 Å². The molecule has 5 heteroatoms. The Labute approximate surface area is 111 Å². The fourth-order valence-corrected chi connectivity index (χ4v) is 1.99. The molecule has 0 spiro atoms. The molecule has 0 atom stereocenters. The van der Waals surface area contributed by atoms with Gasteiger partial charge in [-0.1, -0.05) is 0 Å². The van der Waals surface area contributed by atoms with E-state index in [0.29, 0.717) is 18.9 Å². The lowest BCUT2D eigenvalue weighted by atomic mass is 10.2. The Bertz CT molecular complexity index is 602. The zero-order valence-electron chi connectivity index (χ0n) is 10.9. The average molecular weight is 259 g/mol. The second kappa shape index (κ2) is 5.01. The summed E-state index contributed by atoms with van der Waals surface area (Å²) in [5.74, 6) is 1.32. The monoisotopic (exact) mass is 259 g/mol. The molecule has 0 radical (unpaired) electrons. The maximum absolute atomic E-state index is 11.6. The largest absolute Gasteiger partial charge is 0.440 e. The molecule has 1 heterocycles. The molecule has 1 aromatic heterocycles. The lowest BCUT2D eigenvalue weighted by Crippen LogP contribution is -2.18. The van der Waals surface area contributed by atoms with Crippen molar-refractivity contribution in [2.75, 3.05) is 18.9 Å². The SMILES string of the molecule is CNCCC(=O)Nc1ccc2nc(C3CC3)oc2c1. The van der Waals surface area contributed by atoms with Gasteiger partial charge in [0.25, 0.3) is 0 Å². The molecule has 19 heavy (non-hydrogen) atoms. The van der Waals surface area contributed by atoms with E-state index in [-0.39, 0.29) is 5.91 Å². The van der Waals surface area contributed by atoms with Crippen LogP contribution >= 0.6 is 0 Å². The van der Waals surface area contributed by atoms with Gasteiger partial charge in [0.2, 0.25) is 5.91 Å². The fourth-order valence-electron chi connectivity index (χ4n) is 1.99. The van der Waals surface area contributed by atoms with Crippen LogP contribution < -0.4 is 10.6 Å². The van der Waals surface area contributed by atoms with E-state index in [1.54, 1.807) is 0 Å². The number of aromatic nitrogens is 1. The summed E-state index contributed by atoms with van der Waals surface area (Å²) >= 11 is 0. The van der Waals surface area contributed by atoms with Crippen LogP contribution in [0.1, 0.15) is 31.1 Å². The molecule has 100 valence electrons. The molecule has 1 fully saturated rings. The minimum atomic E-state index is -0.00404. The van der Waals surface area contributed by atoms with Crippen LogP contribution in [0.3, 0.4) is 0 Å². The topological polar surface area (TPSA) is 67.2 Å². The van der Waals surface area contributed by atoms with Gasteiger partial charge in [-0.2, -0.15) is 0 Å². The molecule has 0 saturated heterocycles. The van der Waals surface area contributed by atoms with Crippen molar-refractivity contribution in [3.05, 3.63) is 24.1 Å². The van der Waals surface area contributed by atoms with Crippen molar-refractivity contribution in [2.45, 2.75) is 25.2 Å². The van der Waals surface area contributed by atoms with Gasteiger partial charge in [-0.05, 0) is 32.0 Å². The maximum atomic E-state index is 11.6. The number of nitrogens with zero attached hydrogens (tertiary/aromatic N) is 1. The van der Waals surface area contributed by atoms with E-state index in [2.05, 4.69) is 15.6 Å². The minimum absolute atomic E-state index is 0.00404. The van der Waals surface area contributed by atoms with Gasteiger partial charge in [-0.25, -0.2) is 4.98 Å². The van der Waals surface area contributed by atoms with E-state index < -0.39 is 0 Å². The van der Waals surface area contributed by atoms with Crippen LogP contribution in [0.25, 0.3) is 11.1 Å². The molecule has 3 rings (SSSR count). The van der Waals surface area contributed by atoms with E-state index >= 15 is 0 Å². The Balaban J connectivity index is 1.75. The first-order chi connectivity index (χ1) is 9.26. The number of amides is 1. The zero-order chi connectivity index (χ0) is 13.2. The van der Waals surface area contributed by atoms with Crippen molar-refractivity contribution < 1.29 is 9.21 Å². The highest BCUT2D eigenvalue weighted by atomic mass is 16.3. The van der Waals surface area contributed by atoms with Gasteiger partial charge in [0, 0.05) is 30.6 Å². The van der Waals surface area contributed by atoms with Gasteiger partial charge in [-0.15, -0.1) is 0 Å². The number of nitrogens with one attached hydrogen (secondary N) is 2. The van der Waals surface area contributed by atoms with Gasteiger partial charge in [0.1, 0.15) is 5.52 Å². The van der Waals surface area contributed by atoms with Gasteiger partial charge in [0.15, 0.2) is 11.5 Å². The molecule has 1 aliphatic rings. The van der Waals surface area contributed by atoms with Crippen LogP contribution in [0.4, 0.5) is 5.69 Å². The number of anilines is 1. The molecule has 5 nitrogen and oxygen atoms in total. The number of carbonyl (C=O) groups is 1. The van der Waals surface area contributed by atoms with E-state index in [9.17, 15) is 4.79 Å². The molecule has 2 N–H and O–H groups in total. The van der Waals surface area contributed by atoms with E-state index in [1.165, 1.54) is 12.8 Å². The molecule has 0 aliphatic heterocycles. The van der Waals surface area contributed by atoms with E-state index in [1.807, 2.05) is 25.2 Å². The molecular weight excluding hydrogens is 242 g/mol. The lowest BCUT2D eigenvalue weighted by Gasteiger charge is -2.04. The number of hydrogen-bond acceptors (Lipinski definition) is 4. The lowest BCUT2D eigenvalue weighted by molar-refractivity contribution is -0.116. The molecule has 1 aromatic carbocycles. The second-order valence-electron chi connectivity index (χ2n) is 4.91. The number of hydrogen-bond donors (Lipinski definition) is 2. The summed E-state index contributed by atoms with van der Waals surface area (Å²) in [4.78, 5) is 16.1. The third-order valence-electron chi connectivity index (χ3n) is 3.22. The fraction of sp³-hybridized carbons (Fsp3) is 0.429. The highest BCUT2D eigenvalue weighted by Crippen LogP contribution is 2.40. The molecule has 2 aromatic rings. The van der Waals surface area contributed by atoms with Crippen molar-refractivity contribution in [3.8, 4) is 0 Å². The Kier molecular flexibility index (Phi) is 3.21. The standard InChI is InChI=1S/C14H17N3O2/c1-15-7-6-13(18)16-10-4-5-11-12(8-10)19-14(17-11)9-2-3-9/h4-5,8-9,15H,2-3,6-7H2,1H3,(H,16,18). The highest BCUT2D eigenvalue weighted by Gasteiger charge is 2.28. The molecule has 1 saturated carbocycles. The third kappa shape index (κ3) is 2.76. The Hall–Kier alpha value is -1.88. The third-order valence-corrected chi connectivity index (χ3v) is 3.22. The minimum Gasteiger partial charge on any atom is -0.440 e. The van der Waals surface area contributed by atoms with Gasteiger partial charge in [0.05, 0.1) is 0 Å². The Morgan fingerprint density at radius 2 is 2.32 bits per heavy atom. The van der Waals surface area contributed by atoms with Crippen LogP contribution in [0.15, 0.2) is 22.6 Å². The molecular formula is C14H17N3O2. The quantitative estimate of drug-likeness (QED) is 0.864. The Morgan fingerprint density at radius 3 is 3.05 bits per heavy atom. The van der Waals surface area contributed by atoms with Crippen molar-refractivity contribution in [1.82, 2.24) is 10.3 Å². The molecule has 1 aliphatic carbocycles. The molecule has 0 bridgehead atoms. The average Bonchev–Trinajstić information content (AvgIpc) is 3.16. The Morgan fingerprint density at radius 1 is 1.47 bits per heavy atom. The van der Waals surface area contributed by atoms with Crippen LogP contribution in [0, 0.1) is 0 Å². The number of benzene rings is 1. The van der Waals surface area contributed by atoms with Crippen molar-refractivity contribution in [3.63, 3.8) is 0 Å². The van der Waals surface area contributed by atoms with E-state index in [4.69, 9.17) is 4.42 Å². The summed E-state index contributed by atoms with van der Waals surface area (Å²) in [7, 11) is 1.83.